The van der Waals surface area contributed by atoms with E-state index in [9.17, 15) is 13.2 Å². The zero-order chi connectivity index (χ0) is 33.8. The summed E-state index contributed by atoms with van der Waals surface area (Å²) in [5, 5.41) is 0.685. The number of anilines is 1. The molecule has 1 saturated carbocycles. The van der Waals surface area contributed by atoms with Crippen LogP contribution in [0.15, 0.2) is 47.4 Å². The number of amides is 1. The summed E-state index contributed by atoms with van der Waals surface area (Å²) in [4.78, 5) is 15.5. The molecule has 2 heterocycles. The Morgan fingerprint density at radius 2 is 1.91 bits per heavy atom. The van der Waals surface area contributed by atoms with Crippen LogP contribution in [0.5, 0.6) is 11.5 Å². The number of carbonyl (C=O) groups excluding carboxylic acids is 1. The third kappa shape index (κ3) is 8.10. The standard InChI is InChI=1S/C36H49ClN2O7S/c1-24-9-8-11-31(44-5)29-14-15-36(29,3)23-39-16-7-6-10-26-19-28(37)13-12-27(26)22-46-32-21-33(45-18-17-43-4)34(20-30(32)39)47(41,42)38-35(40)25(24)2/h8,11-13,19-21,24-25,29,31H,6-7,9-10,14-18,22-23H2,1-5H3,(H,38,40)/b11-8+/t24-,25+,29-,31-,36?/m0/s1. The van der Waals surface area contributed by atoms with Gasteiger partial charge in [-0.3, -0.25) is 4.79 Å². The maximum absolute atomic E-state index is 14.1. The third-order valence-corrected chi connectivity index (χ3v) is 12.0. The molecular weight excluding hydrogens is 640 g/mol. The lowest BCUT2D eigenvalue weighted by molar-refractivity contribution is -0.124. The number of halogens is 1. The van der Waals surface area contributed by atoms with Crippen molar-refractivity contribution < 1.29 is 32.2 Å². The van der Waals surface area contributed by atoms with Crippen LogP contribution in [0.25, 0.3) is 0 Å². The van der Waals surface area contributed by atoms with Gasteiger partial charge >= 0.3 is 0 Å². The van der Waals surface area contributed by atoms with E-state index >= 15 is 0 Å². The molecule has 1 amide bonds. The molecule has 2 bridgehead atoms. The Kier molecular flexibility index (Phi) is 11.5. The number of aryl methyl sites for hydroxylation is 1. The van der Waals surface area contributed by atoms with E-state index in [1.807, 2.05) is 25.1 Å². The van der Waals surface area contributed by atoms with Gasteiger partial charge < -0.3 is 23.8 Å². The number of methoxy groups -OCH3 is 2. The quantitative estimate of drug-likeness (QED) is 0.279. The number of sulfonamides is 1. The minimum Gasteiger partial charge on any atom is -0.490 e. The van der Waals surface area contributed by atoms with Crippen LogP contribution in [0.2, 0.25) is 5.02 Å². The van der Waals surface area contributed by atoms with Gasteiger partial charge in [0, 0.05) is 44.3 Å². The molecule has 3 aliphatic rings. The van der Waals surface area contributed by atoms with Crippen LogP contribution < -0.4 is 19.1 Å². The fraction of sp³-hybridized carbons (Fsp3) is 0.583. The molecule has 47 heavy (non-hydrogen) atoms. The molecule has 258 valence electrons. The lowest BCUT2D eigenvalue weighted by Gasteiger charge is -2.52. The van der Waals surface area contributed by atoms with Gasteiger partial charge in [0.2, 0.25) is 5.91 Å². The molecule has 1 aliphatic carbocycles. The van der Waals surface area contributed by atoms with Crippen LogP contribution in [-0.2, 0) is 37.3 Å². The number of ether oxygens (including phenoxy) is 4. The summed E-state index contributed by atoms with van der Waals surface area (Å²) in [6.07, 6.45) is 9.48. The Bertz CT molecular complexity index is 1560. The van der Waals surface area contributed by atoms with Crippen molar-refractivity contribution in [1.29, 1.82) is 0 Å². The second-order valence-corrected chi connectivity index (χ2v) is 15.7. The van der Waals surface area contributed by atoms with Gasteiger partial charge in [-0.15, -0.1) is 0 Å². The fourth-order valence-corrected chi connectivity index (χ4v) is 8.43. The molecule has 0 spiro atoms. The Morgan fingerprint density at radius 3 is 2.64 bits per heavy atom. The fourth-order valence-electron chi connectivity index (χ4n) is 7.02. The Labute approximate surface area is 285 Å². The number of allylic oxidation sites excluding steroid dienone is 1. The van der Waals surface area contributed by atoms with Crippen molar-refractivity contribution >= 4 is 33.2 Å². The summed E-state index contributed by atoms with van der Waals surface area (Å²) < 4.78 is 54.3. The normalized spacial score (nSPS) is 28.7. The molecule has 2 aromatic carbocycles. The highest BCUT2D eigenvalue weighted by Gasteiger charge is 2.47. The monoisotopic (exact) mass is 688 g/mol. The van der Waals surface area contributed by atoms with E-state index < -0.39 is 21.8 Å². The smallest absolute Gasteiger partial charge is 0.267 e. The van der Waals surface area contributed by atoms with Crippen molar-refractivity contribution in [3.8, 4) is 11.5 Å². The minimum absolute atomic E-state index is 0.0654. The number of hydrogen-bond acceptors (Lipinski definition) is 8. The highest BCUT2D eigenvalue weighted by Crippen LogP contribution is 2.51. The molecule has 11 heteroatoms. The summed E-state index contributed by atoms with van der Waals surface area (Å²) in [5.74, 6) is -0.312. The van der Waals surface area contributed by atoms with Crippen molar-refractivity contribution in [3.63, 3.8) is 0 Å². The summed E-state index contributed by atoms with van der Waals surface area (Å²) in [6.45, 7) is 8.05. The van der Waals surface area contributed by atoms with Gasteiger partial charge in [0.25, 0.3) is 10.0 Å². The molecule has 0 radical (unpaired) electrons. The highest BCUT2D eigenvalue weighted by atomic mass is 35.5. The molecule has 1 unspecified atom stereocenters. The van der Waals surface area contributed by atoms with Gasteiger partial charge in [0.1, 0.15) is 29.6 Å². The number of benzene rings is 2. The van der Waals surface area contributed by atoms with Gasteiger partial charge in [-0.05, 0) is 85.1 Å². The molecule has 5 rings (SSSR count). The lowest BCUT2D eigenvalue weighted by atomic mass is 9.58. The maximum Gasteiger partial charge on any atom is 0.267 e. The second-order valence-electron chi connectivity index (χ2n) is 13.6. The summed E-state index contributed by atoms with van der Waals surface area (Å²) in [7, 11) is -1.01. The van der Waals surface area contributed by atoms with E-state index in [1.54, 1.807) is 33.3 Å². The van der Waals surface area contributed by atoms with Gasteiger partial charge in [-0.1, -0.05) is 50.6 Å². The highest BCUT2D eigenvalue weighted by molar-refractivity contribution is 7.90. The molecular formula is C36H49ClN2O7S. The Morgan fingerprint density at radius 1 is 1.11 bits per heavy atom. The summed E-state index contributed by atoms with van der Waals surface area (Å²) in [6, 6.07) is 9.13. The molecule has 1 fully saturated rings. The van der Waals surface area contributed by atoms with Crippen LogP contribution in [0.1, 0.15) is 64.0 Å². The number of carbonyl (C=O) groups is 1. The van der Waals surface area contributed by atoms with Crippen molar-refractivity contribution in [2.24, 2.45) is 23.2 Å². The first-order chi connectivity index (χ1) is 22.5. The molecule has 5 atom stereocenters. The largest absolute Gasteiger partial charge is 0.490 e. The predicted molar refractivity (Wildman–Crippen MR) is 184 cm³/mol. The molecule has 1 N–H and O–H groups in total. The first-order valence-corrected chi connectivity index (χ1v) is 18.5. The summed E-state index contributed by atoms with van der Waals surface area (Å²) >= 11 is 6.38. The van der Waals surface area contributed by atoms with E-state index in [4.69, 9.17) is 30.5 Å². The van der Waals surface area contributed by atoms with Crippen LogP contribution in [0, 0.1) is 23.2 Å². The second kappa shape index (κ2) is 15.2. The molecule has 0 saturated heterocycles. The molecule has 9 nitrogen and oxygen atoms in total. The van der Waals surface area contributed by atoms with Crippen molar-refractivity contribution in [1.82, 2.24) is 4.72 Å². The van der Waals surface area contributed by atoms with Crippen molar-refractivity contribution in [2.75, 3.05) is 45.4 Å². The third-order valence-electron chi connectivity index (χ3n) is 10.4. The first kappa shape index (κ1) is 35.5. The van der Waals surface area contributed by atoms with Crippen molar-refractivity contribution in [3.05, 3.63) is 58.6 Å². The SMILES string of the molecule is COCCOc1cc2c3cc1S(=O)(=O)NC(=O)[C@H](C)[C@@H](C)C/C=C/[C@H](OC)[C@@H]1CCC1(C)CN3CCCCc1cc(Cl)ccc1CO2. The van der Waals surface area contributed by atoms with Gasteiger partial charge in [0.05, 0.1) is 18.4 Å². The Hall–Kier alpha value is -2.79. The van der Waals surface area contributed by atoms with E-state index in [0.29, 0.717) is 36.0 Å². The number of nitrogens with zero attached hydrogens (tertiary/aromatic N) is 1. The van der Waals surface area contributed by atoms with E-state index in [0.717, 1.165) is 43.2 Å². The number of rotatable bonds is 5. The van der Waals surface area contributed by atoms with Crippen LogP contribution >= 0.6 is 11.6 Å². The van der Waals surface area contributed by atoms with E-state index in [-0.39, 0.29) is 53.8 Å². The summed E-state index contributed by atoms with van der Waals surface area (Å²) in [5.41, 5.74) is 2.73. The van der Waals surface area contributed by atoms with Gasteiger partial charge in [0.15, 0.2) is 0 Å². The molecule has 0 aromatic heterocycles. The Balaban J connectivity index is 1.66. The van der Waals surface area contributed by atoms with E-state index in [2.05, 4.69) is 28.7 Å². The zero-order valence-electron chi connectivity index (χ0n) is 28.2. The lowest BCUT2D eigenvalue weighted by Crippen LogP contribution is -2.51. The minimum atomic E-state index is -4.32. The van der Waals surface area contributed by atoms with Crippen molar-refractivity contribution in [2.45, 2.75) is 76.9 Å². The van der Waals surface area contributed by atoms with Gasteiger partial charge in [-0.25, -0.2) is 13.1 Å². The maximum atomic E-state index is 14.1. The van der Waals surface area contributed by atoms with E-state index in [1.165, 1.54) is 0 Å². The van der Waals surface area contributed by atoms with Gasteiger partial charge in [-0.2, -0.15) is 0 Å². The van der Waals surface area contributed by atoms with Crippen LogP contribution in [0.4, 0.5) is 5.69 Å². The van der Waals surface area contributed by atoms with Crippen LogP contribution in [0.3, 0.4) is 0 Å². The number of fused-ring (bicyclic) bond motifs is 3. The predicted octanol–water partition coefficient (Wildman–Crippen LogP) is 6.56. The number of hydrogen-bond donors (Lipinski definition) is 1. The average molecular weight is 689 g/mol. The number of nitrogens with one attached hydrogen (secondary N) is 1. The topological polar surface area (TPSA) is 103 Å². The zero-order valence-corrected chi connectivity index (χ0v) is 29.8. The molecule has 2 aliphatic heterocycles. The average Bonchev–Trinajstić information content (AvgIpc) is 3.06. The first-order valence-electron chi connectivity index (χ1n) is 16.7. The van der Waals surface area contributed by atoms with Crippen LogP contribution in [-0.4, -0.2) is 61.0 Å². The molecule has 2 aromatic rings.